The Morgan fingerprint density at radius 1 is 1.08 bits per heavy atom. The molecule has 5 heteroatoms. The number of benzene rings is 2. The molecule has 0 amide bonds. The van der Waals surface area contributed by atoms with Crippen LogP contribution in [0.15, 0.2) is 60.0 Å². The number of carbonyl (C=O) groups is 1. The van der Waals surface area contributed by atoms with Gasteiger partial charge in [0.25, 0.3) is 0 Å². The lowest BCUT2D eigenvalue weighted by molar-refractivity contribution is 0.0509. The van der Waals surface area contributed by atoms with Gasteiger partial charge in [0.1, 0.15) is 12.4 Å². The van der Waals surface area contributed by atoms with Gasteiger partial charge in [-0.1, -0.05) is 30.3 Å². The van der Waals surface area contributed by atoms with Gasteiger partial charge in [0.15, 0.2) is 0 Å². The molecule has 0 saturated heterocycles. The summed E-state index contributed by atoms with van der Waals surface area (Å²) in [5.41, 5.74) is 2.58. The van der Waals surface area contributed by atoms with E-state index in [9.17, 15) is 4.79 Å². The third kappa shape index (κ3) is 5.16. The first-order valence-corrected chi connectivity index (χ1v) is 8.93. The predicted molar refractivity (Wildman–Crippen MR) is 98.1 cm³/mol. The Bertz CT molecular complexity index is 812. The summed E-state index contributed by atoms with van der Waals surface area (Å²) in [6, 6.07) is 16.9. The van der Waals surface area contributed by atoms with Gasteiger partial charge in [-0.05, 0) is 36.8 Å². The Labute approximate surface area is 151 Å². The van der Waals surface area contributed by atoms with Gasteiger partial charge in [-0.15, -0.1) is 11.3 Å². The SMILES string of the molecule is Cc1nc(COc2ccc(C(=O)OCCc3ccccc3)cc2)cs1. The van der Waals surface area contributed by atoms with E-state index >= 15 is 0 Å². The molecule has 25 heavy (non-hydrogen) atoms. The third-order valence-corrected chi connectivity index (χ3v) is 4.43. The molecular formula is C20H19NO3S. The Morgan fingerprint density at radius 2 is 1.84 bits per heavy atom. The fourth-order valence-corrected chi connectivity index (χ4v) is 2.91. The molecule has 0 unspecified atom stereocenters. The number of aryl methyl sites for hydroxylation is 1. The van der Waals surface area contributed by atoms with Crippen molar-refractivity contribution in [2.24, 2.45) is 0 Å². The fraction of sp³-hybridized carbons (Fsp3) is 0.200. The van der Waals surface area contributed by atoms with E-state index < -0.39 is 0 Å². The molecule has 1 heterocycles. The summed E-state index contributed by atoms with van der Waals surface area (Å²) in [6.07, 6.45) is 0.709. The minimum atomic E-state index is -0.322. The highest BCUT2D eigenvalue weighted by Gasteiger charge is 2.08. The van der Waals surface area contributed by atoms with Crippen molar-refractivity contribution in [2.75, 3.05) is 6.61 Å². The van der Waals surface area contributed by atoms with E-state index in [1.165, 1.54) is 0 Å². The first kappa shape index (κ1) is 17.2. The van der Waals surface area contributed by atoms with Crippen LogP contribution in [0.5, 0.6) is 5.75 Å². The minimum absolute atomic E-state index is 0.322. The van der Waals surface area contributed by atoms with Crippen LogP contribution in [0.25, 0.3) is 0 Å². The maximum atomic E-state index is 12.1. The van der Waals surface area contributed by atoms with E-state index in [1.807, 2.05) is 42.6 Å². The standard InChI is InChI=1S/C20H19NO3S/c1-15-21-18(14-25-15)13-24-19-9-7-17(8-10-19)20(22)23-12-11-16-5-3-2-4-6-16/h2-10,14H,11-13H2,1H3. The first-order valence-electron chi connectivity index (χ1n) is 8.05. The second-order valence-corrected chi connectivity index (χ2v) is 6.60. The minimum Gasteiger partial charge on any atom is -0.487 e. The molecular weight excluding hydrogens is 334 g/mol. The molecule has 0 aliphatic carbocycles. The Morgan fingerprint density at radius 3 is 2.52 bits per heavy atom. The number of esters is 1. The molecule has 4 nitrogen and oxygen atoms in total. The highest BCUT2D eigenvalue weighted by molar-refractivity contribution is 7.09. The summed E-state index contributed by atoms with van der Waals surface area (Å²) in [5.74, 6) is 0.379. The van der Waals surface area contributed by atoms with Crippen LogP contribution >= 0.6 is 11.3 Å². The van der Waals surface area contributed by atoms with Crippen molar-refractivity contribution in [1.29, 1.82) is 0 Å². The number of nitrogens with zero attached hydrogens (tertiary/aromatic N) is 1. The molecule has 0 fully saturated rings. The van der Waals surface area contributed by atoms with Crippen molar-refractivity contribution in [2.45, 2.75) is 20.0 Å². The quantitative estimate of drug-likeness (QED) is 0.590. The molecule has 2 aromatic carbocycles. The molecule has 1 aromatic heterocycles. The van der Waals surface area contributed by atoms with Gasteiger partial charge >= 0.3 is 5.97 Å². The third-order valence-electron chi connectivity index (χ3n) is 3.61. The lowest BCUT2D eigenvalue weighted by atomic mass is 10.2. The van der Waals surface area contributed by atoms with Gasteiger partial charge in [0.05, 0.1) is 22.9 Å². The molecule has 128 valence electrons. The zero-order valence-electron chi connectivity index (χ0n) is 14.0. The van der Waals surface area contributed by atoms with E-state index in [0.717, 1.165) is 16.3 Å². The monoisotopic (exact) mass is 353 g/mol. The molecule has 0 atom stereocenters. The molecule has 0 radical (unpaired) electrons. The molecule has 3 aromatic rings. The number of hydrogen-bond acceptors (Lipinski definition) is 5. The first-order chi connectivity index (χ1) is 12.2. The van der Waals surface area contributed by atoms with E-state index in [-0.39, 0.29) is 5.97 Å². The number of carbonyl (C=O) groups excluding carboxylic acids is 1. The van der Waals surface area contributed by atoms with Gasteiger partial charge in [-0.3, -0.25) is 0 Å². The summed E-state index contributed by atoms with van der Waals surface area (Å²) in [4.78, 5) is 16.4. The number of ether oxygens (including phenoxy) is 2. The zero-order chi connectivity index (χ0) is 17.5. The van der Waals surface area contributed by atoms with E-state index in [4.69, 9.17) is 9.47 Å². The van der Waals surface area contributed by atoms with Crippen LogP contribution in [0.4, 0.5) is 0 Å². The lowest BCUT2D eigenvalue weighted by Crippen LogP contribution is -2.08. The fourth-order valence-electron chi connectivity index (χ4n) is 2.31. The van der Waals surface area contributed by atoms with Crippen molar-refractivity contribution in [3.05, 3.63) is 81.8 Å². The topological polar surface area (TPSA) is 48.4 Å². The summed E-state index contributed by atoms with van der Waals surface area (Å²) < 4.78 is 11.0. The summed E-state index contributed by atoms with van der Waals surface area (Å²) in [5, 5.41) is 3.00. The van der Waals surface area contributed by atoms with Gasteiger partial charge in [0.2, 0.25) is 0 Å². The zero-order valence-corrected chi connectivity index (χ0v) is 14.8. The van der Waals surface area contributed by atoms with Crippen molar-refractivity contribution in [3.63, 3.8) is 0 Å². The number of aromatic nitrogens is 1. The van der Waals surface area contributed by atoms with Gasteiger partial charge in [0, 0.05) is 11.8 Å². The summed E-state index contributed by atoms with van der Waals surface area (Å²) in [7, 11) is 0. The molecule has 0 spiro atoms. The maximum absolute atomic E-state index is 12.1. The van der Waals surface area contributed by atoms with Crippen LogP contribution in [0, 0.1) is 6.92 Å². The Kier molecular flexibility index (Phi) is 5.80. The van der Waals surface area contributed by atoms with Crippen molar-refractivity contribution < 1.29 is 14.3 Å². The van der Waals surface area contributed by atoms with Crippen molar-refractivity contribution >= 4 is 17.3 Å². The molecule has 0 saturated carbocycles. The largest absolute Gasteiger partial charge is 0.487 e. The number of hydrogen-bond donors (Lipinski definition) is 0. The molecule has 0 aliphatic heterocycles. The van der Waals surface area contributed by atoms with Crippen LogP contribution in [0.2, 0.25) is 0 Å². The van der Waals surface area contributed by atoms with Crippen molar-refractivity contribution in [1.82, 2.24) is 4.98 Å². The average Bonchev–Trinajstić information content (AvgIpc) is 3.06. The number of rotatable bonds is 7. The van der Waals surface area contributed by atoms with Crippen LogP contribution < -0.4 is 4.74 Å². The van der Waals surface area contributed by atoms with Crippen LogP contribution in [0.3, 0.4) is 0 Å². The second kappa shape index (κ2) is 8.44. The maximum Gasteiger partial charge on any atom is 0.338 e. The summed E-state index contributed by atoms with van der Waals surface area (Å²) in [6.45, 7) is 2.75. The predicted octanol–water partition coefficient (Wildman–Crippen LogP) is 4.43. The van der Waals surface area contributed by atoms with Crippen LogP contribution in [0.1, 0.15) is 26.6 Å². The average molecular weight is 353 g/mol. The molecule has 0 aliphatic rings. The highest BCUT2D eigenvalue weighted by atomic mass is 32.1. The van der Waals surface area contributed by atoms with E-state index in [2.05, 4.69) is 4.98 Å². The highest BCUT2D eigenvalue weighted by Crippen LogP contribution is 2.16. The van der Waals surface area contributed by atoms with Crippen LogP contribution in [-0.2, 0) is 17.8 Å². The van der Waals surface area contributed by atoms with E-state index in [1.54, 1.807) is 35.6 Å². The second-order valence-electron chi connectivity index (χ2n) is 5.54. The van der Waals surface area contributed by atoms with Gasteiger partial charge < -0.3 is 9.47 Å². The molecule has 0 N–H and O–H groups in total. The molecule has 0 bridgehead atoms. The van der Waals surface area contributed by atoms with E-state index in [0.29, 0.717) is 30.9 Å². The lowest BCUT2D eigenvalue weighted by Gasteiger charge is -2.07. The normalized spacial score (nSPS) is 10.4. The number of thiazole rings is 1. The molecule has 3 rings (SSSR count). The Hall–Kier alpha value is -2.66. The summed E-state index contributed by atoms with van der Waals surface area (Å²) >= 11 is 1.60. The Balaban J connectivity index is 1.46. The van der Waals surface area contributed by atoms with Crippen molar-refractivity contribution in [3.8, 4) is 5.75 Å². The van der Waals surface area contributed by atoms with Gasteiger partial charge in [-0.2, -0.15) is 0 Å². The smallest absolute Gasteiger partial charge is 0.338 e. The van der Waals surface area contributed by atoms with Gasteiger partial charge in [-0.25, -0.2) is 9.78 Å². The van der Waals surface area contributed by atoms with Crippen LogP contribution in [-0.4, -0.2) is 17.6 Å².